The van der Waals surface area contributed by atoms with Gasteiger partial charge in [-0.05, 0) is 102 Å². The predicted molar refractivity (Wildman–Crippen MR) is 395 cm³/mol. The molecular weight excluding hydrogens is 1140 g/mol. The van der Waals surface area contributed by atoms with Gasteiger partial charge in [-0.15, -0.1) is 0 Å². The molecule has 1 N–H and O–H groups in total. The SMILES string of the molecule is CCCCC/C=C\C/C=C\C/C=C\CCCCCCCCCCCCCCCCC(=O)OC(/C=C/CCCCCCCCCCC)C(COP(=O)([O-])OCC[N+](C)(C)C)NC(=O)CCCCCCCCCCCCCCCCCCC/C=C\C/C=C\CCCCC. The highest BCUT2D eigenvalue weighted by Gasteiger charge is 2.27. The summed E-state index contributed by atoms with van der Waals surface area (Å²) < 4.78 is 30.5. The van der Waals surface area contributed by atoms with Crippen molar-refractivity contribution in [1.82, 2.24) is 5.32 Å². The Labute approximate surface area is 565 Å². The van der Waals surface area contributed by atoms with Crippen molar-refractivity contribution in [3.05, 3.63) is 72.9 Å². The van der Waals surface area contributed by atoms with Gasteiger partial charge in [0.25, 0.3) is 7.82 Å². The summed E-state index contributed by atoms with van der Waals surface area (Å²) in [6.45, 7) is 6.84. The van der Waals surface area contributed by atoms with Crippen LogP contribution in [0.25, 0.3) is 0 Å². The Bertz CT molecular complexity index is 1780. The number of rotatable bonds is 72. The molecule has 0 aliphatic heterocycles. The Kier molecular flexibility index (Phi) is 68.3. The van der Waals surface area contributed by atoms with Gasteiger partial charge < -0.3 is 28.5 Å². The zero-order chi connectivity index (χ0) is 66.3. The van der Waals surface area contributed by atoms with Gasteiger partial charge in [-0.1, -0.05) is 338 Å². The fraction of sp³-hybridized carbons (Fsp3) is 0.827. The fourth-order valence-electron chi connectivity index (χ4n) is 11.6. The van der Waals surface area contributed by atoms with Crippen molar-refractivity contribution in [3.63, 3.8) is 0 Å². The first-order valence-electron chi connectivity index (χ1n) is 39.2. The standard InChI is InChI=1S/C81H151N2O7P/c1-7-10-13-16-19-22-25-27-29-31-33-35-37-39-41-43-45-47-49-51-53-55-58-61-64-67-70-73-80(84)82-78(77-89-91(86,87)88-76-75-83(4,5)6)79(72-69-66-63-60-57-24-21-18-15-12-9-3)90-81(85)74-71-68-65-62-59-56-54-52-50-48-46-44-42-40-38-36-34-32-30-28-26-23-20-17-14-11-8-2/h19-20,22-23,27-30,34,36,69,72,78-79H,7-18,21,24-26,31-33,35,37-68,70-71,73-77H2,1-6H3,(H-,82,84,86,87)/b22-19-,23-20-,29-27-,30-28-,36-34-,72-69+. The monoisotopic (exact) mass is 1300 g/mol. The first kappa shape index (κ1) is 88.5. The van der Waals surface area contributed by atoms with Gasteiger partial charge >= 0.3 is 5.97 Å². The minimum Gasteiger partial charge on any atom is -0.756 e. The second-order valence-corrected chi connectivity index (χ2v) is 29.3. The van der Waals surface area contributed by atoms with Crippen LogP contribution in [0.1, 0.15) is 380 Å². The minimum atomic E-state index is -4.71. The maximum absolute atomic E-state index is 13.6. The van der Waals surface area contributed by atoms with E-state index in [9.17, 15) is 19.0 Å². The lowest BCUT2D eigenvalue weighted by Crippen LogP contribution is -2.47. The molecule has 0 radical (unpaired) electrons. The van der Waals surface area contributed by atoms with Crippen LogP contribution >= 0.6 is 7.82 Å². The van der Waals surface area contributed by atoms with Crippen molar-refractivity contribution in [2.24, 2.45) is 0 Å². The lowest BCUT2D eigenvalue weighted by atomic mass is 10.0. The van der Waals surface area contributed by atoms with Crippen LogP contribution in [-0.4, -0.2) is 69.4 Å². The smallest absolute Gasteiger partial charge is 0.306 e. The number of carbonyl (C=O) groups is 2. The molecule has 0 fully saturated rings. The lowest BCUT2D eigenvalue weighted by molar-refractivity contribution is -0.870. The summed E-state index contributed by atoms with van der Waals surface area (Å²) in [5.74, 6) is -0.526. The summed E-state index contributed by atoms with van der Waals surface area (Å²) in [7, 11) is 1.20. The molecule has 3 unspecified atom stereocenters. The van der Waals surface area contributed by atoms with E-state index in [0.29, 0.717) is 17.4 Å². The zero-order valence-electron chi connectivity index (χ0n) is 61.1. The number of quaternary nitrogens is 1. The first-order chi connectivity index (χ1) is 44.4. The van der Waals surface area contributed by atoms with Crippen molar-refractivity contribution in [2.45, 2.75) is 392 Å². The molecule has 532 valence electrons. The molecule has 0 heterocycles. The Morgan fingerprint density at radius 2 is 0.670 bits per heavy atom. The second-order valence-electron chi connectivity index (χ2n) is 27.9. The third kappa shape index (κ3) is 71.6. The number of ether oxygens (including phenoxy) is 1. The van der Waals surface area contributed by atoms with E-state index < -0.39 is 20.0 Å². The van der Waals surface area contributed by atoms with Gasteiger partial charge in [0.2, 0.25) is 5.91 Å². The minimum absolute atomic E-state index is 0.0220. The number of hydrogen-bond acceptors (Lipinski definition) is 7. The molecule has 0 aromatic carbocycles. The summed E-state index contributed by atoms with van der Waals surface area (Å²) in [6, 6.07) is -0.890. The lowest BCUT2D eigenvalue weighted by Gasteiger charge is -2.30. The summed E-state index contributed by atoms with van der Waals surface area (Å²) in [5, 5.41) is 3.05. The summed E-state index contributed by atoms with van der Waals surface area (Å²) in [4.78, 5) is 40.3. The van der Waals surface area contributed by atoms with E-state index in [-0.39, 0.29) is 31.5 Å². The van der Waals surface area contributed by atoms with E-state index in [1.54, 1.807) is 0 Å². The quantitative estimate of drug-likeness (QED) is 0.0212. The van der Waals surface area contributed by atoms with E-state index >= 15 is 0 Å². The van der Waals surface area contributed by atoms with E-state index in [1.807, 2.05) is 33.3 Å². The Morgan fingerprint density at radius 3 is 1.02 bits per heavy atom. The van der Waals surface area contributed by atoms with Gasteiger partial charge in [0.1, 0.15) is 19.3 Å². The van der Waals surface area contributed by atoms with Crippen LogP contribution < -0.4 is 10.2 Å². The summed E-state index contributed by atoms with van der Waals surface area (Å²) in [6.07, 6.45) is 93.3. The highest BCUT2D eigenvalue weighted by atomic mass is 31.2. The van der Waals surface area contributed by atoms with Crippen molar-refractivity contribution >= 4 is 19.7 Å². The molecule has 0 aromatic rings. The molecule has 10 heteroatoms. The van der Waals surface area contributed by atoms with Crippen LogP contribution in [0.15, 0.2) is 72.9 Å². The normalized spacial score (nSPS) is 13.8. The van der Waals surface area contributed by atoms with Crippen molar-refractivity contribution in [2.75, 3.05) is 40.9 Å². The Hall–Kier alpha value is -2.55. The van der Waals surface area contributed by atoms with E-state index in [1.165, 1.54) is 270 Å². The molecule has 0 spiro atoms. The van der Waals surface area contributed by atoms with Crippen LogP contribution in [0.3, 0.4) is 0 Å². The molecule has 0 bridgehead atoms. The second kappa shape index (κ2) is 70.3. The van der Waals surface area contributed by atoms with E-state index in [2.05, 4.69) is 86.8 Å². The Morgan fingerprint density at radius 1 is 0.385 bits per heavy atom. The number of carbonyl (C=O) groups excluding carboxylic acids is 2. The topological polar surface area (TPSA) is 114 Å². The van der Waals surface area contributed by atoms with Crippen LogP contribution in [-0.2, 0) is 27.9 Å². The Balaban J connectivity index is 4.87. The number of phosphoric acid groups is 1. The van der Waals surface area contributed by atoms with E-state index in [0.717, 1.165) is 77.0 Å². The average molecular weight is 1300 g/mol. The molecule has 0 aliphatic carbocycles. The number of esters is 1. The molecule has 0 saturated heterocycles. The van der Waals surface area contributed by atoms with Crippen molar-refractivity contribution in [1.29, 1.82) is 0 Å². The van der Waals surface area contributed by atoms with Gasteiger partial charge in [-0.3, -0.25) is 14.2 Å². The number of likely N-dealkylation sites (N-methyl/N-ethyl adjacent to an activating group) is 1. The number of nitrogens with zero attached hydrogens (tertiary/aromatic N) is 1. The van der Waals surface area contributed by atoms with Gasteiger partial charge in [-0.25, -0.2) is 0 Å². The van der Waals surface area contributed by atoms with Crippen LogP contribution in [0, 0.1) is 0 Å². The first-order valence-corrected chi connectivity index (χ1v) is 40.7. The fourth-order valence-corrected chi connectivity index (χ4v) is 12.3. The molecule has 9 nitrogen and oxygen atoms in total. The molecule has 0 aromatic heterocycles. The number of hydrogen-bond donors (Lipinski definition) is 1. The van der Waals surface area contributed by atoms with Gasteiger partial charge in [0.05, 0.1) is 33.8 Å². The predicted octanol–water partition coefficient (Wildman–Crippen LogP) is 24.8. The number of allylic oxidation sites excluding steroid dienone is 11. The molecule has 0 rings (SSSR count). The highest BCUT2D eigenvalue weighted by Crippen LogP contribution is 2.38. The average Bonchev–Trinajstić information content (AvgIpc) is 3.03. The molecular formula is C81H151N2O7P. The summed E-state index contributed by atoms with van der Waals surface area (Å²) in [5.41, 5.74) is 0. The van der Waals surface area contributed by atoms with Gasteiger partial charge in [-0.2, -0.15) is 0 Å². The van der Waals surface area contributed by atoms with E-state index in [4.69, 9.17) is 13.8 Å². The maximum atomic E-state index is 13.6. The molecule has 0 saturated carbocycles. The van der Waals surface area contributed by atoms with Crippen molar-refractivity contribution in [3.8, 4) is 0 Å². The zero-order valence-corrected chi connectivity index (χ0v) is 61.9. The molecule has 0 aliphatic rings. The largest absolute Gasteiger partial charge is 0.756 e. The molecule has 91 heavy (non-hydrogen) atoms. The maximum Gasteiger partial charge on any atom is 0.306 e. The summed E-state index contributed by atoms with van der Waals surface area (Å²) >= 11 is 0. The van der Waals surface area contributed by atoms with Crippen LogP contribution in [0.5, 0.6) is 0 Å². The number of phosphoric ester groups is 1. The number of nitrogens with one attached hydrogen (secondary N) is 1. The third-order valence-electron chi connectivity index (χ3n) is 17.6. The number of amides is 1. The number of unbranched alkanes of at least 4 members (excludes halogenated alkanes) is 46. The van der Waals surface area contributed by atoms with Crippen molar-refractivity contribution < 1.29 is 37.3 Å². The van der Waals surface area contributed by atoms with Crippen LogP contribution in [0.4, 0.5) is 0 Å². The highest BCUT2D eigenvalue weighted by molar-refractivity contribution is 7.45. The molecule has 1 amide bonds. The van der Waals surface area contributed by atoms with Gasteiger partial charge in [0, 0.05) is 12.8 Å². The third-order valence-corrected chi connectivity index (χ3v) is 18.6. The molecule has 3 atom stereocenters. The van der Waals surface area contributed by atoms with Gasteiger partial charge in [0.15, 0.2) is 0 Å². The van der Waals surface area contributed by atoms with Crippen LogP contribution in [0.2, 0.25) is 0 Å².